The summed E-state index contributed by atoms with van der Waals surface area (Å²) in [5.41, 5.74) is 20.0. The third-order valence-corrected chi connectivity index (χ3v) is 15.0. The molecule has 0 unspecified atom stereocenters. The predicted molar refractivity (Wildman–Crippen MR) is 303 cm³/mol. The Bertz CT molecular complexity index is 4370. The van der Waals surface area contributed by atoms with Crippen LogP contribution in [0.3, 0.4) is 0 Å². The lowest BCUT2D eigenvalue weighted by atomic mass is 9.98. The molecule has 0 radical (unpaired) electrons. The van der Waals surface area contributed by atoms with Gasteiger partial charge in [0.2, 0.25) is 0 Å². The number of fused-ring (bicyclic) bond motifs is 10. The van der Waals surface area contributed by atoms with Gasteiger partial charge in [0.1, 0.15) is 0 Å². The van der Waals surface area contributed by atoms with Crippen LogP contribution in [0.2, 0.25) is 0 Å². The van der Waals surface area contributed by atoms with Gasteiger partial charge in [-0.2, -0.15) is 0 Å². The molecule has 0 aliphatic heterocycles. The zero-order chi connectivity index (χ0) is 47.3. The number of rotatable bonds is 7. The van der Waals surface area contributed by atoms with Crippen molar-refractivity contribution in [1.82, 2.24) is 18.3 Å². The van der Waals surface area contributed by atoms with E-state index in [4.69, 9.17) is 0 Å². The highest BCUT2D eigenvalue weighted by Crippen LogP contribution is 2.42. The fourth-order valence-corrected chi connectivity index (χ4v) is 11.7. The highest BCUT2D eigenvalue weighted by atomic mass is 15.0. The molecule has 11 aromatic carbocycles. The Morgan fingerprint density at radius 2 is 0.486 bits per heavy atom. The summed E-state index contributed by atoms with van der Waals surface area (Å²) >= 11 is 0. The maximum absolute atomic E-state index is 2.45. The Morgan fingerprint density at radius 3 is 0.917 bits per heavy atom. The molecule has 0 aliphatic carbocycles. The molecule has 15 aromatic rings. The van der Waals surface area contributed by atoms with Crippen LogP contribution in [0.1, 0.15) is 0 Å². The van der Waals surface area contributed by atoms with Crippen molar-refractivity contribution in [3.8, 4) is 56.3 Å². The second kappa shape index (κ2) is 16.0. The molecule has 336 valence electrons. The monoisotopic (exact) mass is 916 g/mol. The van der Waals surface area contributed by atoms with Crippen LogP contribution >= 0.6 is 0 Å². The molecule has 0 N–H and O–H groups in total. The number of benzene rings is 11. The van der Waals surface area contributed by atoms with Gasteiger partial charge in [-0.25, -0.2) is 0 Å². The van der Waals surface area contributed by atoms with Gasteiger partial charge >= 0.3 is 0 Å². The number of para-hydroxylation sites is 6. The topological polar surface area (TPSA) is 19.7 Å². The van der Waals surface area contributed by atoms with Gasteiger partial charge < -0.3 is 18.3 Å². The van der Waals surface area contributed by atoms with Crippen LogP contribution in [0.4, 0.5) is 0 Å². The largest absolute Gasteiger partial charge is 0.309 e. The highest BCUT2D eigenvalue weighted by molar-refractivity contribution is 6.14. The van der Waals surface area contributed by atoms with Crippen LogP contribution < -0.4 is 0 Å². The summed E-state index contributed by atoms with van der Waals surface area (Å²) in [5, 5.41) is 8.63. The Labute approximate surface area is 415 Å². The van der Waals surface area contributed by atoms with Crippen LogP contribution in [-0.4, -0.2) is 18.3 Å². The summed E-state index contributed by atoms with van der Waals surface area (Å²) in [6.07, 6.45) is 0. The van der Waals surface area contributed by atoms with Crippen LogP contribution in [0.25, 0.3) is 133 Å². The van der Waals surface area contributed by atoms with Gasteiger partial charge in [-0.1, -0.05) is 146 Å². The van der Waals surface area contributed by atoms with E-state index in [2.05, 4.69) is 285 Å². The smallest absolute Gasteiger partial charge is 0.0541 e. The summed E-state index contributed by atoms with van der Waals surface area (Å²) in [7, 11) is 0. The average Bonchev–Trinajstić information content (AvgIpc) is 4.20. The third-order valence-electron chi connectivity index (χ3n) is 15.0. The normalized spacial score (nSPS) is 11.9. The first kappa shape index (κ1) is 40.3. The Kier molecular flexibility index (Phi) is 8.92. The summed E-state index contributed by atoms with van der Waals surface area (Å²) in [6.45, 7) is 0. The van der Waals surface area contributed by atoms with Gasteiger partial charge in [0.15, 0.2) is 0 Å². The van der Waals surface area contributed by atoms with Crippen molar-refractivity contribution in [2.24, 2.45) is 0 Å². The van der Waals surface area contributed by atoms with Crippen LogP contribution in [0.15, 0.2) is 267 Å². The molecule has 0 fully saturated rings. The second-order valence-corrected chi connectivity index (χ2v) is 18.9. The van der Waals surface area contributed by atoms with Crippen LogP contribution in [0.5, 0.6) is 0 Å². The SMILES string of the molecule is c1ccc(-n2c(-c3ccc(-n4c5ccc(-c6ccc7c(c6)c6ccccc6n7-c6ccccc6)cc5c5cc(-c6ccc7c(c6)c6ccccc6n7-c6ccccc6)ccc54)cc3)cc3ccccc32)cc1. The number of hydrogen-bond donors (Lipinski definition) is 0. The summed E-state index contributed by atoms with van der Waals surface area (Å²) < 4.78 is 9.59. The second-order valence-electron chi connectivity index (χ2n) is 18.9. The van der Waals surface area contributed by atoms with Gasteiger partial charge in [-0.05, 0) is 149 Å². The van der Waals surface area contributed by atoms with Crippen molar-refractivity contribution in [2.75, 3.05) is 0 Å². The number of aromatic nitrogens is 4. The van der Waals surface area contributed by atoms with Crippen molar-refractivity contribution >= 4 is 76.3 Å². The van der Waals surface area contributed by atoms with E-state index in [-0.39, 0.29) is 0 Å². The van der Waals surface area contributed by atoms with Gasteiger partial charge in [-0.15, -0.1) is 0 Å². The zero-order valence-corrected chi connectivity index (χ0v) is 39.2. The number of nitrogens with zero attached hydrogens (tertiary/aromatic N) is 4. The Morgan fingerprint density at radius 1 is 0.181 bits per heavy atom. The highest BCUT2D eigenvalue weighted by Gasteiger charge is 2.20. The van der Waals surface area contributed by atoms with Crippen LogP contribution in [0, 0.1) is 0 Å². The van der Waals surface area contributed by atoms with E-state index in [0.717, 1.165) is 34.0 Å². The van der Waals surface area contributed by atoms with E-state index in [1.54, 1.807) is 0 Å². The molecule has 4 heteroatoms. The third kappa shape index (κ3) is 6.19. The quantitative estimate of drug-likeness (QED) is 0.152. The lowest BCUT2D eigenvalue weighted by molar-refractivity contribution is 1.13. The average molecular weight is 917 g/mol. The van der Waals surface area contributed by atoms with E-state index in [0.29, 0.717) is 0 Å². The molecule has 0 saturated heterocycles. The molecule has 0 aliphatic rings. The van der Waals surface area contributed by atoms with Crippen molar-refractivity contribution in [1.29, 1.82) is 0 Å². The van der Waals surface area contributed by atoms with Crippen molar-refractivity contribution in [3.63, 3.8) is 0 Å². The van der Waals surface area contributed by atoms with Gasteiger partial charge in [0.05, 0.1) is 44.3 Å². The minimum absolute atomic E-state index is 1.12. The lowest BCUT2D eigenvalue weighted by Crippen LogP contribution is -1.97. The standard InChI is InChI=1S/C68H44N4/c1-4-17-51(18-5-1)69-61-25-13-10-16-50(61)44-68(69)45-28-34-54(35-29-45)72-66-38-32-48(46-30-36-64-57(40-46)55-23-11-14-26-62(55)70(64)52-19-6-2-7-20-52)42-59(66)60-43-49(33-39-67(60)72)47-31-37-65-58(41-47)56-24-12-15-27-63(56)71(65)53-21-8-3-9-22-53/h1-44H. The van der Waals surface area contributed by atoms with Gasteiger partial charge in [0.25, 0.3) is 0 Å². The lowest BCUT2D eigenvalue weighted by Gasteiger charge is -2.13. The molecule has 0 saturated carbocycles. The molecule has 4 nitrogen and oxygen atoms in total. The molecule has 0 amide bonds. The molecule has 72 heavy (non-hydrogen) atoms. The maximum atomic E-state index is 2.45. The van der Waals surface area contributed by atoms with Gasteiger partial charge in [-0.3, -0.25) is 0 Å². The molecular formula is C68H44N4. The predicted octanol–water partition coefficient (Wildman–Crippen LogP) is 17.9. The first-order chi connectivity index (χ1) is 35.7. The van der Waals surface area contributed by atoms with Crippen molar-refractivity contribution < 1.29 is 0 Å². The first-order valence-electron chi connectivity index (χ1n) is 24.7. The fraction of sp³-hybridized carbons (Fsp3) is 0. The van der Waals surface area contributed by atoms with E-state index in [9.17, 15) is 0 Å². The molecule has 4 heterocycles. The molecule has 15 rings (SSSR count). The van der Waals surface area contributed by atoms with E-state index in [1.807, 2.05) is 0 Å². The molecule has 0 spiro atoms. The molecule has 0 bridgehead atoms. The fourth-order valence-electron chi connectivity index (χ4n) is 11.7. The Hall–Kier alpha value is -9.64. The zero-order valence-electron chi connectivity index (χ0n) is 39.2. The summed E-state index contributed by atoms with van der Waals surface area (Å²) in [4.78, 5) is 0. The van der Waals surface area contributed by atoms with E-state index >= 15 is 0 Å². The van der Waals surface area contributed by atoms with Crippen LogP contribution in [-0.2, 0) is 0 Å². The minimum Gasteiger partial charge on any atom is -0.309 e. The molecular weight excluding hydrogens is 873 g/mol. The summed E-state index contributed by atoms with van der Waals surface area (Å²) in [5.74, 6) is 0. The maximum Gasteiger partial charge on any atom is 0.0541 e. The summed E-state index contributed by atoms with van der Waals surface area (Å²) in [6, 6.07) is 97.8. The molecule has 4 aromatic heterocycles. The first-order valence-corrected chi connectivity index (χ1v) is 24.7. The van der Waals surface area contributed by atoms with Gasteiger partial charge in [0, 0.05) is 60.5 Å². The minimum atomic E-state index is 1.12. The Balaban J connectivity index is 0.911. The molecule has 0 atom stereocenters. The van der Waals surface area contributed by atoms with Crippen molar-refractivity contribution in [3.05, 3.63) is 267 Å². The van der Waals surface area contributed by atoms with E-state index < -0.39 is 0 Å². The van der Waals surface area contributed by atoms with E-state index in [1.165, 1.54) is 98.6 Å². The van der Waals surface area contributed by atoms with Crippen molar-refractivity contribution in [2.45, 2.75) is 0 Å². The number of hydrogen-bond acceptors (Lipinski definition) is 0.